The third kappa shape index (κ3) is 6.89. The highest BCUT2D eigenvalue weighted by Gasteiger charge is 2.22. The second-order valence-electron chi connectivity index (χ2n) is 6.22. The summed E-state index contributed by atoms with van der Waals surface area (Å²) in [7, 11) is 0. The van der Waals surface area contributed by atoms with Crippen LogP contribution < -0.4 is 16.4 Å². The van der Waals surface area contributed by atoms with Crippen LogP contribution >= 0.6 is 0 Å². The van der Waals surface area contributed by atoms with Gasteiger partial charge in [0, 0.05) is 30.4 Å². The highest BCUT2D eigenvalue weighted by atomic mass is 16.2. The van der Waals surface area contributed by atoms with Crippen molar-refractivity contribution in [3.8, 4) is 0 Å². The Morgan fingerprint density at radius 1 is 1.11 bits per heavy atom. The van der Waals surface area contributed by atoms with E-state index < -0.39 is 23.8 Å². The van der Waals surface area contributed by atoms with Gasteiger partial charge in [-0.2, -0.15) is 0 Å². The van der Waals surface area contributed by atoms with Gasteiger partial charge in [0.1, 0.15) is 6.04 Å². The van der Waals surface area contributed by atoms with Gasteiger partial charge in [0.05, 0.1) is 6.42 Å². The second-order valence-corrected chi connectivity index (χ2v) is 6.22. The number of hydrogen-bond acceptors (Lipinski definition) is 4. The van der Waals surface area contributed by atoms with Gasteiger partial charge in [-0.05, 0) is 24.1 Å². The van der Waals surface area contributed by atoms with Crippen molar-refractivity contribution in [2.45, 2.75) is 25.8 Å². The van der Waals surface area contributed by atoms with Crippen molar-refractivity contribution in [2.75, 3.05) is 5.32 Å². The third-order valence-corrected chi connectivity index (χ3v) is 4.01. The predicted octanol–water partition coefficient (Wildman–Crippen LogP) is 1.46. The highest BCUT2D eigenvalue weighted by molar-refractivity contribution is 5.98. The van der Waals surface area contributed by atoms with Gasteiger partial charge in [0.15, 0.2) is 0 Å². The first kappa shape index (κ1) is 20.1. The summed E-state index contributed by atoms with van der Waals surface area (Å²) in [4.78, 5) is 39.9. The second kappa shape index (κ2) is 10.1. The van der Waals surface area contributed by atoms with E-state index in [1.807, 2.05) is 30.3 Å². The summed E-state index contributed by atoms with van der Waals surface area (Å²) < 4.78 is 0. The molecule has 1 aromatic heterocycles. The largest absolute Gasteiger partial charge is 0.369 e. The lowest BCUT2D eigenvalue weighted by Gasteiger charge is -2.19. The number of carbonyl (C=O) groups is 3. The molecule has 0 aliphatic rings. The molecule has 2 atom stereocenters. The molecule has 1 radical (unpaired) electrons. The number of carbonyl (C=O) groups excluding carboxylic acids is 3. The minimum absolute atomic E-state index is 0.213. The lowest BCUT2D eigenvalue weighted by atomic mass is 10.0. The zero-order valence-corrected chi connectivity index (χ0v) is 15.1. The SMILES string of the molecule is CC(C[CH]C(=O)N[C@@H](Cc1ccccc1)C(=O)Nc1ccncc1)C(N)=O. The molecule has 1 heterocycles. The Kier molecular flexibility index (Phi) is 7.49. The molecule has 4 N–H and O–H groups in total. The summed E-state index contributed by atoms with van der Waals surface area (Å²) in [6.45, 7) is 1.64. The minimum Gasteiger partial charge on any atom is -0.369 e. The number of amides is 3. The van der Waals surface area contributed by atoms with E-state index in [9.17, 15) is 14.4 Å². The van der Waals surface area contributed by atoms with Crippen molar-refractivity contribution in [1.82, 2.24) is 10.3 Å². The molecular weight excluding hydrogens is 344 g/mol. The Balaban J connectivity index is 2.03. The fourth-order valence-corrected chi connectivity index (χ4v) is 2.35. The first-order valence-electron chi connectivity index (χ1n) is 8.63. The zero-order valence-electron chi connectivity index (χ0n) is 15.1. The summed E-state index contributed by atoms with van der Waals surface area (Å²) >= 11 is 0. The minimum atomic E-state index is -0.770. The van der Waals surface area contributed by atoms with E-state index in [1.54, 1.807) is 31.5 Å². The van der Waals surface area contributed by atoms with E-state index in [0.717, 1.165) is 5.56 Å². The van der Waals surface area contributed by atoms with Gasteiger partial charge in [-0.3, -0.25) is 19.4 Å². The standard InChI is InChI=1S/C20H23N4O3/c1-14(19(21)26)7-8-18(25)24-17(13-15-5-3-2-4-6-15)20(27)23-16-9-11-22-12-10-16/h2-6,8-12,14,17H,7,13H2,1H3,(H2,21,26)(H,24,25)(H,22,23,27)/t14?,17-/m0/s1. The molecule has 141 valence electrons. The van der Waals surface area contributed by atoms with Crippen LogP contribution in [0.2, 0.25) is 0 Å². The zero-order chi connectivity index (χ0) is 19.6. The van der Waals surface area contributed by atoms with Crippen LogP contribution in [0.15, 0.2) is 54.9 Å². The van der Waals surface area contributed by atoms with Gasteiger partial charge in [-0.15, -0.1) is 0 Å². The van der Waals surface area contributed by atoms with Crippen LogP contribution in [0.1, 0.15) is 18.9 Å². The smallest absolute Gasteiger partial charge is 0.247 e. The van der Waals surface area contributed by atoms with Crippen LogP contribution in [0.25, 0.3) is 0 Å². The number of hydrogen-bond donors (Lipinski definition) is 3. The molecule has 7 nitrogen and oxygen atoms in total. The summed E-state index contributed by atoms with van der Waals surface area (Å²) in [5.41, 5.74) is 6.71. The topological polar surface area (TPSA) is 114 Å². The van der Waals surface area contributed by atoms with Gasteiger partial charge in [0.2, 0.25) is 17.7 Å². The van der Waals surface area contributed by atoms with Gasteiger partial charge in [-0.25, -0.2) is 0 Å². The maximum Gasteiger partial charge on any atom is 0.247 e. The highest BCUT2D eigenvalue weighted by Crippen LogP contribution is 2.09. The Morgan fingerprint density at radius 3 is 2.41 bits per heavy atom. The number of pyridine rings is 1. The Morgan fingerprint density at radius 2 is 1.78 bits per heavy atom. The van der Waals surface area contributed by atoms with Crippen molar-refractivity contribution in [3.63, 3.8) is 0 Å². The number of nitrogens with one attached hydrogen (secondary N) is 2. The van der Waals surface area contributed by atoms with E-state index in [0.29, 0.717) is 12.1 Å². The molecule has 0 aliphatic heterocycles. The number of rotatable bonds is 9. The molecule has 0 saturated heterocycles. The molecule has 1 unspecified atom stereocenters. The lowest BCUT2D eigenvalue weighted by Crippen LogP contribution is -2.45. The average molecular weight is 367 g/mol. The van der Waals surface area contributed by atoms with Crippen molar-refractivity contribution < 1.29 is 14.4 Å². The number of primary amides is 1. The maximum atomic E-state index is 12.7. The molecule has 2 rings (SSSR count). The molecule has 0 saturated carbocycles. The first-order valence-corrected chi connectivity index (χ1v) is 8.63. The molecule has 3 amide bonds. The number of nitrogens with two attached hydrogens (primary N) is 1. The number of aromatic nitrogens is 1. The lowest BCUT2D eigenvalue weighted by molar-refractivity contribution is -0.125. The van der Waals surface area contributed by atoms with Crippen molar-refractivity contribution in [1.29, 1.82) is 0 Å². The predicted molar refractivity (Wildman–Crippen MR) is 102 cm³/mol. The molecular formula is C20H23N4O3. The Bertz CT molecular complexity index is 765. The summed E-state index contributed by atoms with van der Waals surface area (Å²) in [5.74, 6) is -1.69. The molecule has 7 heteroatoms. The van der Waals surface area contributed by atoms with Gasteiger partial charge in [0.25, 0.3) is 0 Å². The van der Waals surface area contributed by atoms with Crippen LogP contribution in [0.5, 0.6) is 0 Å². The van der Waals surface area contributed by atoms with E-state index in [1.165, 1.54) is 6.42 Å². The van der Waals surface area contributed by atoms with E-state index in [4.69, 9.17) is 5.73 Å². The quantitative estimate of drug-likeness (QED) is 0.622. The van der Waals surface area contributed by atoms with Crippen molar-refractivity contribution in [2.24, 2.45) is 11.7 Å². The maximum absolute atomic E-state index is 12.7. The Hall–Kier alpha value is -3.22. The van der Waals surface area contributed by atoms with Crippen LogP contribution in [-0.4, -0.2) is 28.7 Å². The number of benzene rings is 1. The monoisotopic (exact) mass is 367 g/mol. The molecule has 0 aliphatic carbocycles. The molecule has 0 spiro atoms. The van der Waals surface area contributed by atoms with Crippen LogP contribution in [0.3, 0.4) is 0 Å². The van der Waals surface area contributed by atoms with Crippen molar-refractivity contribution >= 4 is 23.4 Å². The fourth-order valence-electron chi connectivity index (χ4n) is 2.35. The van der Waals surface area contributed by atoms with E-state index >= 15 is 0 Å². The molecule has 0 bridgehead atoms. The summed E-state index contributed by atoms with van der Waals surface area (Å²) in [6.07, 6.45) is 5.03. The molecule has 1 aromatic carbocycles. The molecule has 2 aromatic rings. The molecule has 0 fully saturated rings. The van der Waals surface area contributed by atoms with Crippen LogP contribution in [0.4, 0.5) is 5.69 Å². The third-order valence-electron chi connectivity index (χ3n) is 4.01. The van der Waals surface area contributed by atoms with Gasteiger partial charge >= 0.3 is 0 Å². The van der Waals surface area contributed by atoms with Gasteiger partial charge < -0.3 is 16.4 Å². The summed E-state index contributed by atoms with van der Waals surface area (Å²) in [6, 6.07) is 12.0. The van der Waals surface area contributed by atoms with E-state index in [-0.39, 0.29) is 12.3 Å². The van der Waals surface area contributed by atoms with Crippen LogP contribution in [-0.2, 0) is 20.8 Å². The van der Waals surface area contributed by atoms with Crippen molar-refractivity contribution in [3.05, 3.63) is 66.8 Å². The first-order chi connectivity index (χ1) is 13.0. The Labute approximate surface area is 158 Å². The average Bonchev–Trinajstić information content (AvgIpc) is 2.67. The number of nitrogens with zero attached hydrogens (tertiary/aromatic N) is 1. The normalized spacial score (nSPS) is 12.6. The fraction of sp³-hybridized carbons (Fsp3) is 0.250. The van der Waals surface area contributed by atoms with Crippen LogP contribution in [0, 0.1) is 12.3 Å². The van der Waals surface area contributed by atoms with Gasteiger partial charge in [-0.1, -0.05) is 37.3 Å². The number of anilines is 1. The molecule has 27 heavy (non-hydrogen) atoms. The summed E-state index contributed by atoms with van der Waals surface area (Å²) in [5, 5.41) is 5.47. The van der Waals surface area contributed by atoms with E-state index in [2.05, 4.69) is 15.6 Å².